The van der Waals surface area contributed by atoms with Gasteiger partial charge in [-0.05, 0) is 25.1 Å². The number of carbonyl (C=O) groups excluding carboxylic acids is 2. The third-order valence-corrected chi connectivity index (χ3v) is 3.89. The van der Waals surface area contributed by atoms with Gasteiger partial charge in [0.25, 0.3) is 11.6 Å². The number of non-ortho nitro benzene ring substituents is 1. The Morgan fingerprint density at radius 2 is 1.62 bits per heavy atom. The van der Waals surface area contributed by atoms with Gasteiger partial charge in [-0.2, -0.15) is 0 Å². The number of ether oxygens (including phenoxy) is 4. The normalized spacial score (nSPS) is 11.2. The summed E-state index contributed by atoms with van der Waals surface area (Å²) in [5.74, 6) is -0.502. The molecule has 1 amide bonds. The summed E-state index contributed by atoms with van der Waals surface area (Å²) >= 11 is 0. The number of rotatable bonds is 8. The van der Waals surface area contributed by atoms with Crippen molar-refractivity contribution < 1.29 is 33.5 Å². The predicted molar refractivity (Wildman–Crippen MR) is 103 cm³/mol. The maximum atomic E-state index is 12.4. The smallest absolute Gasteiger partial charge is 0.339 e. The van der Waals surface area contributed by atoms with Crippen LogP contribution in [0.15, 0.2) is 36.4 Å². The first-order valence-corrected chi connectivity index (χ1v) is 8.36. The minimum absolute atomic E-state index is 0.101. The highest BCUT2D eigenvalue weighted by molar-refractivity contribution is 5.98. The number of benzene rings is 2. The molecule has 0 aromatic heterocycles. The second kappa shape index (κ2) is 9.40. The molecule has 2 rings (SSSR count). The standard InChI is InChI=1S/C19H20N2O8/c1-11(29-19(23)12-7-14(26-2)10-15(8-12)27-3)18(22)20-16-6-5-13(21(24)25)9-17(16)28-4/h5-11H,1-4H3,(H,20,22). The van der Waals surface area contributed by atoms with Crippen LogP contribution in [0.5, 0.6) is 17.2 Å². The molecule has 0 aliphatic heterocycles. The van der Waals surface area contributed by atoms with Crippen molar-refractivity contribution in [3.63, 3.8) is 0 Å². The molecule has 1 N–H and O–H groups in total. The van der Waals surface area contributed by atoms with Crippen molar-refractivity contribution in [2.45, 2.75) is 13.0 Å². The highest BCUT2D eigenvalue weighted by atomic mass is 16.6. The van der Waals surface area contributed by atoms with E-state index in [1.807, 2.05) is 0 Å². The van der Waals surface area contributed by atoms with Crippen molar-refractivity contribution in [1.82, 2.24) is 0 Å². The van der Waals surface area contributed by atoms with Crippen molar-refractivity contribution in [2.24, 2.45) is 0 Å². The largest absolute Gasteiger partial charge is 0.497 e. The number of anilines is 1. The molecule has 1 unspecified atom stereocenters. The number of esters is 1. The molecule has 0 heterocycles. The second-order valence-electron chi connectivity index (χ2n) is 5.78. The monoisotopic (exact) mass is 404 g/mol. The van der Waals surface area contributed by atoms with Crippen LogP contribution in [0.3, 0.4) is 0 Å². The zero-order valence-electron chi connectivity index (χ0n) is 16.3. The molecule has 0 fully saturated rings. The van der Waals surface area contributed by atoms with Crippen molar-refractivity contribution >= 4 is 23.3 Å². The molecule has 10 nitrogen and oxygen atoms in total. The van der Waals surface area contributed by atoms with E-state index in [4.69, 9.17) is 18.9 Å². The first kappa shape index (κ1) is 21.5. The summed E-state index contributed by atoms with van der Waals surface area (Å²) in [6.07, 6.45) is -1.15. The van der Waals surface area contributed by atoms with Crippen LogP contribution >= 0.6 is 0 Å². The number of nitro groups is 1. The minimum atomic E-state index is -1.15. The molecule has 2 aromatic rings. The summed E-state index contributed by atoms with van der Waals surface area (Å²) in [7, 11) is 4.20. The fraction of sp³-hybridized carbons (Fsp3) is 0.263. The van der Waals surface area contributed by atoms with Crippen molar-refractivity contribution in [3.8, 4) is 17.2 Å². The third-order valence-electron chi connectivity index (χ3n) is 3.89. The lowest BCUT2D eigenvalue weighted by Crippen LogP contribution is -2.30. The van der Waals surface area contributed by atoms with Crippen LogP contribution in [0.1, 0.15) is 17.3 Å². The molecule has 0 spiro atoms. The van der Waals surface area contributed by atoms with Crippen molar-refractivity contribution in [2.75, 3.05) is 26.6 Å². The van der Waals surface area contributed by atoms with Crippen LogP contribution in [-0.2, 0) is 9.53 Å². The number of hydrogen-bond acceptors (Lipinski definition) is 8. The Bertz CT molecular complexity index is 906. The molecule has 154 valence electrons. The molecular weight excluding hydrogens is 384 g/mol. The maximum absolute atomic E-state index is 12.4. The van der Waals surface area contributed by atoms with E-state index in [1.54, 1.807) is 6.07 Å². The fourth-order valence-electron chi connectivity index (χ4n) is 2.34. The van der Waals surface area contributed by atoms with Gasteiger partial charge in [0.15, 0.2) is 6.10 Å². The number of amides is 1. The van der Waals surface area contributed by atoms with Gasteiger partial charge in [0, 0.05) is 12.1 Å². The number of nitro benzene ring substituents is 1. The van der Waals surface area contributed by atoms with Gasteiger partial charge in [0.2, 0.25) is 0 Å². The van der Waals surface area contributed by atoms with Crippen LogP contribution in [0, 0.1) is 10.1 Å². The average Bonchev–Trinajstić information content (AvgIpc) is 2.73. The Balaban J connectivity index is 2.11. The zero-order chi connectivity index (χ0) is 21.6. The molecule has 10 heteroatoms. The first-order chi connectivity index (χ1) is 13.8. The zero-order valence-corrected chi connectivity index (χ0v) is 16.3. The van der Waals surface area contributed by atoms with Gasteiger partial charge in [-0.15, -0.1) is 0 Å². The summed E-state index contributed by atoms with van der Waals surface area (Å²) in [5, 5.41) is 13.4. The molecule has 0 bridgehead atoms. The molecule has 1 atom stereocenters. The summed E-state index contributed by atoms with van der Waals surface area (Å²) in [6.45, 7) is 1.39. The maximum Gasteiger partial charge on any atom is 0.339 e. The van der Waals surface area contributed by atoms with Crippen molar-refractivity contribution in [3.05, 3.63) is 52.1 Å². The van der Waals surface area contributed by atoms with E-state index in [0.29, 0.717) is 11.5 Å². The SMILES string of the molecule is COc1cc(OC)cc(C(=O)OC(C)C(=O)Nc2ccc([N+](=O)[O-])cc2OC)c1. The van der Waals surface area contributed by atoms with Gasteiger partial charge in [-0.25, -0.2) is 4.79 Å². The Morgan fingerprint density at radius 1 is 1.00 bits per heavy atom. The Labute approximate surface area is 166 Å². The average molecular weight is 404 g/mol. The summed E-state index contributed by atoms with van der Waals surface area (Å²) in [5.41, 5.74) is 0.161. The van der Waals surface area contributed by atoms with Gasteiger partial charge < -0.3 is 24.3 Å². The highest BCUT2D eigenvalue weighted by Crippen LogP contribution is 2.29. The number of hydrogen-bond donors (Lipinski definition) is 1. The Hall–Kier alpha value is -3.82. The summed E-state index contributed by atoms with van der Waals surface area (Å²) < 4.78 is 20.5. The molecule has 0 saturated heterocycles. The minimum Gasteiger partial charge on any atom is -0.497 e. The van der Waals surface area contributed by atoms with Gasteiger partial charge in [0.1, 0.15) is 17.2 Å². The van der Waals surface area contributed by atoms with E-state index in [0.717, 1.165) is 0 Å². The van der Waals surface area contributed by atoms with Crippen LogP contribution in [0.25, 0.3) is 0 Å². The van der Waals surface area contributed by atoms with Gasteiger partial charge in [-0.1, -0.05) is 0 Å². The van der Waals surface area contributed by atoms with Crippen LogP contribution in [0.2, 0.25) is 0 Å². The number of carbonyl (C=O) groups is 2. The van der Waals surface area contributed by atoms with E-state index in [9.17, 15) is 19.7 Å². The lowest BCUT2D eigenvalue weighted by atomic mass is 10.2. The Morgan fingerprint density at radius 3 is 2.14 bits per heavy atom. The number of nitrogens with one attached hydrogen (secondary N) is 1. The molecule has 0 radical (unpaired) electrons. The molecule has 0 aliphatic carbocycles. The van der Waals surface area contributed by atoms with E-state index >= 15 is 0 Å². The Kier molecular flexibility index (Phi) is 6.96. The quantitative estimate of drug-likeness (QED) is 0.404. The van der Waals surface area contributed by atoms with E-state index < -0.39 is 22.9 Å². The van der Waals surface area contributed by atoms with Gasteiger partial charge in [-0.3, -0.25) is 14.9 Å². The van der Waals surface area contributed by atoms with Crippen LogP contribution in [0.4, 0.5) is 11.4 Å². The second-order valence-corrected chi connectivity index (χ2v) is 5.78. The van der Waals surface area contributed by atoms with Crippen LogP contribution in [-0.4, -0.2) is 44.2 Å². The molecule has 0 aliphatic rings. The highest BCUT2D eigenvalue weighted by Gasteiger charge is 2.22. The molecule has 2 aromatic carbocycles. The van der Waals surface area contributed by atoms with E-state index in [-0.39, 0.29) is 22.7 Å². The van der Waals surface area contributed by atoms with E-state index in [2.05, 4.69) is 5.32 Å². The number of methoxy groups -OCH3 is 3. The third kappa shape index (κ3) is 5.34. The summed E-state index contributed by atoms with van der Waals surface area (Å²) in [6, 6.07) is 8.22. The summed E-state index contributed by atoms with van der Waals surface area (Å²) in [4.78, 5) is 35.0. The number of nitrogens with zero attached hydrogens (tertiary/aromatic N) is 1. The lowest BCUT2D eigenvalue weighted by molar-refractivity contribution is -0.384. The molecular formula is C19H20N2O8. The first-order valence-electron chi connectivity index (χ1n) is 8.36. The predicted octanol–water partition coefficient (Wildman–Crippen LogP) is 2.80. The topological polar surface area (TPSA) is 126 Å². The van der Waals surface area contributed by atoms with Crippen LogP contribution < -0.4 is 19.5 Å². The van der Waals surface area contributed by atoms with E-state index in [1.165, 1.54) is 58.6 Å². The molecule has 29 heavy (non-hydrogen) atoms. The fourth-order valence-corrected chi connectivity index (χ4v) is 2.34. The van der Waals surface area contributed by atoms with Gasteiger partial charge in [0.05, 0.1) is 43.6 Å². The molecule has 0 saturated carbocycles. The van der Waals surface area contributed by atoms with Crippen molar-refractivity contribution in [1.29, 1.82) is 0 Å². The lowest BCUT2D eigenvalue weighted by Gasteiger charge is -2.15. The van der Waals surface area contributed by atoms with Gasteiger partial charge >= 0.3 is 5.97 Å².